The number of carbonyl (C=O) groups is 1. The molecule has 1 amide bonds. The Labute approximate surface area is 140 Å². The summed E-state index contributed by atoms with van der Waals surface area (Å²) in [5.41, 5.74) is 0.0389. The lowest BCUT2D eigenvalue weighted by Crippen LogP contribution is -2.16. The van der Waals surface area contributed by atoms with Gasteiger partial charge in [0.25, 0.3) is 5.91 Å². The molecule has 3 aromatic rings. The predicted octanol–water partition coefficient (Wildman–Crippen LogP) is 5.67. The lowest BCUT2D eigenvalue weighted by molar-refractivity contribution is -0.136. The van der Waals surface area contributed by atoms with Crippen molar-refractivity contribution in [2.24, 2.45) is 0 Å². The van der Waals surface area contributed by atoms with Crippen LogP contribution in [0.3, 0.4) is 0 Å². The van der Waals surface area contributed by atoms with Gasteiger partial charge < -0.3 is 9.73 Å². The summed E-state index contributed by atoms with van der Waals surface area (Å²) in [6.45, 7) is 1.87. The van der Waals surface area contributed by atoms with Crippen molar-refractivity contribution in [1.29, 1.82) is 0 Å². The van der Waals surface area contributed by atoms with Crippen molar-refractivity contribution >= 4 is 34.2 Å². The second-order valence-corrected chi connectivity index (χ2v) is 5.73. The number of furan rings is 1. The summed E-state index contributed by atoms with van der Waals surface area (Å²) in [6.07, 6.45) is -4.64. The Hall–Kier alpha value is -2.47. The third kappa shape index (κ3) is 3.23. The molecule has 0 fully saturated rings. The third-order valence-electron chi connectivity index (χ3n) is 3.43. The lowest BCUT2D eigenvalue weighted by Gasteiger charge is -2.13. The second-order valence-electron chi connectivity index (χ2n) is 5.29. The molecule has 3 nitrogen and oxygen atoms in total. The van der Waals surface area contributed by atoms with Gasteiger partial charge in [-0.15, -0.1) is 0 Å². The fraction of sp³-hybridized carbons (Fsp3) is 0.118. The third-order valence-corrected chi connectivity index (χ3v) is 3.67. The molecule has 124 valence electrons. The average Bonchev–Trinajstić information content (AvgIpc) is 2.91. The molecule has 0 aliphatic heterocycles. The maximum Gasteiger partial charge on any atom is 0.418 e. The van der Waals surface area contributed by atoms with Crippen molar-refractivity contribution in [2.45, 2.75) is 13.1 Å². The zero-order valence-electron chi connectivity index (χ0n) is 12.4. The van der Waals surface area contributed by atoms with E-state index in [1.54, 1.807) is 12.1 Å². The van der Waals surface area contributed by atoms with Crippen LogP contribution in [0.25, 0.3) is 11.0 Å². The largest absolute Gasteiger partial charge is 0.451 e. The summed E-state index contributed by atoms with van der Waals surface area (Å²) < 4.78 is 44.6. The van der Waals surface area contributed by atoms with Crippen LogP contribution in [0.4, 0.5) is 18.9 Å². The molecule has 1 N–H and O–H groups in total. The molecule has 24 heavy (non-hydrogen) atoms. The Morgan fingerprint density at radius 2 is 1.88 bits per heavy atom. The Balaban J connectivity index is 1.94. The van der Waals surface area contributed by atoms with Gasteiger partial charge in [0, 0.05) is 10.4 Å². The van der Waals surface area contributed by atoms with E-state index in [0.29, 0.717) is 11.0 Å². The van der Waals surface area contributed by atoms with Crippen molar-refractivity contribution in [3.05, 3.63) is 64.4 Å². The van der Waals surface area contributed by atoms with Crippen molar-refractivity contribution < 1.29 is 22.4 Å². The minimum Gasteiger partial charge on any atom is -0.451 e. The normalized spacial score (nSPS) is 11.7. The summed E-state index contributed by atoms with van der Waals surface area (Å²) in [5, 5.41) is 2.85. The molecule has 0 saturated heterocycles. The van der Waals surface area contributed by atoms with Gasteiger partial charge in [-0.1, -0.05) is 23.7 Å². The highest BCUT2D eigenvalue weighted by Gasteiger charge is 2.34. The van der Waals surface area contributed by atoms with Gasteiger partial charge in [0.05, 0.1) is 11.3 Å². The molecule has 0 aliphatic rings. The molecule has 0 unspecified atom stereocenters. The first-order valence-electron chi connectivity index (χ1n) is 6.92. The number of carbonyl (C=O) groups excluding carboxylic acids is 1. The topological polar surface area (TPSA) is 42.2 Å². The van der Waals surface area contributed by atoms with E-state index in [0.717, 1.165) is 17.7 Å². The van der Waals surface area contributed by atoms with Gasteiger partial charge in [0.15, 0.2) is 5.76 Å². The number of hydrogen-bond acceptors (Lipinski definition) is 2. The minimum atomic E-state index is -4.64. The first-order valence-corrected chi connectivity index (χ1v) is 7.30. The number of benzene rings is 2. The van der Waals surface area contributed by atoms with Gasteiger partial charge in [-0.05, 0) is 42.8 Å². The summed E-state index contributed by atoms with van der Waals surface area (Å²) >= 11 is 5.61. The maximum atomic E-state index is 13.1. The molecule has 0 radical (unpaired) electrons. The smallest absolute Gasteiger partial charge is 0.418 e. The summed E-state index contributed by atoms with van der Waals surface area (Å²) in [7, 11) is 0. The monoisotopic (exact) mass is 353 g/mol. The summed E-state index contributed by atoms with van der Waals surface area (Å²) in [4.78, 5) is 12.2. The van der Waals surface area contributed by atoms with Gasteiger partial charge in [-0.3, -0.25) is 4.79 Å². The van der Waals surface area contributed by atoms with Crippen LogP contribution in [0.5, 0.6) is 0 Å². The first kappa shape index (κ1) is 16.4. The molecular weight excluding hydrogens is 343 g/mol. The van der Waals surface area contributed by atoms with E-state index in [1.807, 2.05) is 13.0 Å². The number of aryl methyl sites for hydroxylation is 1. The molecule has 7 heteroatoms. The van der Waals surface area contributed by atoms with Gasteiger partial charge in [0.1, 0.15) is 5.58 Å². The minimum absolute atomic E-state index is 0.0699. The summed E-state index contributed by atoms with van der Waals surface area (Å²) in [6, 6.07) is 9.99. The molecule has 1 heterocycles. The van der Waals surface area contributed by atoms with E-state index in [-0.39, 0.29) is 16.5 Å². The van der Waals surface area contributed by atoms with E-state index in [9.17, 15) is 18.0 Å². The number of rotatable bonds is 2. The van der Waals surface area contributed by atoms with Crippen molar-refractivity contribution in [3.63, 3.8) is 0 Å². The highest BCUT2D eigenvalue weighted by molar-refractivity contribution is 6.30. The van der Waals surface area contributed by atoms with E-state index in [2.05, 4.69) is 5.32 Å². The lowest BCUT2D eigenvalue weighted by atomic mass is 10.1. The SMILES string of the molecule is Cc1ccc2cc(C(=O)Nc3ccc(Cl)cc3C(F)(F)F)oc2c1. The van der Waals surface area contributed by atoms with E-state index in [4.69, 9.17) is 16.0 Å². The molecule has 0 atom stereocenters. The highest BCUT2D eigenvalue weighted by atomic mass is 35.5. The molecule has 0 saturated carbocycles. The highest BCUT2D eigenvalue weighted by Crippen LogP contribution is 2.36. The van der Waals surface area contributed by atoms with E-state index < -0.39 is 17.6 Å². The predicted molar refractivity (Wildman–Crippen MR) is 85.4 cm³/mol. The first-order chi connectivity index (χ1) is 11.2. The van der Waals surface area contributed by atoms with Crippen LogP contribution in [0.15, 0.2) is 46.9 Å². The van der Waals surface area contributed by atoms with Gasteiger partial charge in [-0.2, -0.15) is 13.2 Å². The quantitative estimate of drug-likeness (QED) is 0.645. The van der Waals surface area contributed by atoms with Crippen LogP contribution in [-0.2, 0) is 6.18 Å². The Morgan fingerprint density at radius 3 is 2.58 bits per heavy atom. The molecule has 3 rings (SSSR count). The molecule has 0 bridgehead atoms. The molecule has 0 aliphatic carbocycles. The molecule has 1 aromatic heterocycles. The number of amides is 1. The molecular formula is C17H11ClF3NO2. The van der Waals surface area contributed by atoms with Gasteiger partial charge >= 0.3 is 6.18 Å². The van der Waals surface area contributed by atoms with Crippen LogP contribution < -0.4 is 5.32 Å². The van der Waals surface area contributed by atoms with Crippen molar-refractivity contribution in [2.75, 3.05) is 5.32 Å². The second kappa shape index (κ2) is 5.87. The Kier molecular flexibility index (Phi) is 4.01. The standard InChI is InChI=1S/C17H11ClF3NO2/c1-9-2-3-10-7-15(24-14(10)6-9)16(23)22-13-5-4-11(18)8-12(13)17(19,20)21/h2-8H,1H3,(H,22,23). The van der Waals surface area contributed by atoms with Gasteiger partial charge in [-0.25, -0.2) is 0 Å². The van der Waals surface area contributed by atoms with Crippen molar-refractivity contribution in [1.82, 2.24) is 0 Å². The Morgan fingerprint density at radius 1 is 1.12 bits per heavy atom. The fourth-order valence-corrected chi connectivity index (χ4v) is 2.47. The summed E-state index contributed by atoms with van der Waals surface area (Å²) in [5.74, 6) is -0.838. The van der Waals surface area contributed by atoms with Gasteiger partial charge in [0.2, 0.25) is 0 Å². The number of anilines is 1. The number of halogens is 4. The van der Waals surface area contributed by atoms with Crippen LogP contribution in [0.1, 0.15) is 21.7 Å². The number of hydrogen-bond donors (Lipinski definition) is 1. The van der Waals surface area contributed by atoms with Crippen molar-refractivity contribution in [3.8, 4) is 0 Å². The zero-order valence-corrected chi connectivity index (χ0v) is 13.1. The zero-order chi connectivity index (χ0) is 17.5. The molecule has 2 aromatic carbocycles. The average molecular weight is 354 g/mol. The van der Waals surface area contributed by atoms with E-state index in [1.165, 1.54) is 12.1 Å². The van der Waals surface area contributed by atoms with Crippen LogP contribution >= 0.6 is 11.6 Å². The van der Waals surface area contributed by atoms with Crippen LogP contribution in [-0.4, -0.2) is 5.91 Å². The van der Waals surface area contributed by atoms with Crippen LogP contribution in [0, 0.1) is 6.92 Å². The maximum absolute atomic E-state index is 13.1. The Bertz CT molecular complexity index is 931. The molecule has 0 spiro atoms. The van der Waals surface area contributed by atoms with E-state index >= 15 is 0 Å². The fourth-order valence-electron chi connectivity index (χ4n) is 2.29. The number of alkyl halides is 3. The number of nitrogens with one attached hydrogen (secondary N) is 1. The number of fused-ring (bicyclic) bond motifs is 1. The van der Waals surface area contributed by atoms with Crippen LogP contribution in [0.2, 0.25) is 5.02 Å².